The molecule has 25 heavy (non-hydrogen) atoms. The Bertz CT molecular complexity index is 570. The fourth-order valence-electron chi connectivity index (χ4n) is 6.24. The highest BCUT2D eigenvalue weighted by Gasteiger charge is 2.60. The molecule has 2 heterocycles. The van der Waals surface area contributed by atoms with E-state index in [1.807, 2.05) is 0 Å². The number of carbonyl (C=O) groups excluding carboxylic acids is 1. The van der Waals surface area contributed by atoms with Crippen LogP contribution in [0.2, 0.25) is 0 Å². The van der Waals surface area contributed by atoms with Crippen LogP contribution >= 0.6 is 0 Å². The van der Waals surface area contributed by atoms with Crippen molar-refractivity contribution in [2.75, 3.05) is 20.3 Å². The highest BCUT2D eigenvalue weighted by Crippen LogP contribution is 2.64. The first-order valence-electron chi connectivity index (χ1n) is 10.0. The maximum atomic E-state index is 12.3. The predicted molar refractivity (Wildman–Crippen MR) is 94.8 cm³/mol. The smallest absolute Gasteiger partial charge is 0.334 e. The molecular formula is C21H32O4. The Balaban J connectivity index is 1.53. The van der Waals surface area contributed by atoms with E-state index in [-0.39, 0.29) is 23.1 Å². The molecule has 0 N–H and O–H groups in total. The summed E-state index contributed by atoms with van der Waals surface area (Å²) in [5, 5.41) is 0. The molecule has 0 unspecified atom stereocenters. The monoisotopic (exact) mass is 348 g/mol. The number of allylic oxidation sites excluding steroid dienone is 1. The molecule has 0 bridgehead atoms. The highest BCUT2D eigenvalue weighted by molar-refractivity contribution is 5.92. The van der Waals surface area contributed by atoms with Gasteiger partial charge in [-0.3, -0.25) is 0 Å². The first kappa shape index (κ1) is 17.5. The standard InChI is InChI=1S/C21H32O4/c1-14-7-10-21-13-25-19(22)16(21)5-4-6-17(21)20(14,2)9-8-15-11-18(23-3)24-12-15/h5,14-15,17-18H,4,6-13H2,1-3H3/t14-,15+,17-,18-,20+,21-/m1/s1. The fourth-order valence-corrected chi connectivity index (χ4v) is 6.24. The van der Waals surface area contributed by atoms with Crippen LogP contribution < -0.4 is 0 Å². The SMILES string of the molecule is CO[C@H]1C[C@H](CC[C@@]2(C)[C@H](C)CC[C@@]34COC(=O)C3=CCC[C@@H]42)CO1. The minimum absolute atomic E-state index is 0.00215. The van der Waals surface area contributed by atoms with Crippen LogP contribution in [0.15, 0.2) is 11.6 Å². The zero-order valence-electron chi connectivity index (χ0n) is 15.9. The molecule has 4 rings (SSSR count). The molecule has 0 amide bonds. The van der Waals surface area contributed by atoms with E-state index in [1.54, 1.807) is 7.11 Å². The normalized spacial score (nSPS) is 46.4. The summed E-state index contributed by atoms with van der Waals surface area (Å²) in [7, 11) is 1.73. The molecule has 4 nitrogen and oxygen atoms in total. The summed E-state index contributed by atoms with van der Waals surface area (Å²) in [6.45, 7) is 6.35. The van der Waals surface area contributed by atoms with Crippen molar-refractivity contribution in [3.05, 3.63) is 11.6 Å². The summed E-state index contributed by atoms with van der Waals surface area (Å²) < 4.78 is 16.6. The van der Waals surface area contributed by atoms with Gasteiger partial charge in [0, 0.05) is 24.5 Å². The maximum absolute atomic E-state index is 12.3. The zero-order chi connectivity index (χ0) is 17.7. The summed E-state index contributed by atoms with van der Waals surface area (Å²) in [6, 6.07) is 0. The molecule has 0 aromatic rings. The van der Waals surface area contributed by atoms with E-state index >= 15 is 0 Å². The van der Waals surface area contributed by atoms with Crippen LogP contribution in [0.5, 0.6) is 0 Å². The Kier molecular flexibility index (Phi) is 4.48. The Labute approximate surface area is 151 Å². The van der Waals surface area contributed by atoms with E-state index in [0.29, 0.717) is 24.4 Å². The maximum Gasteiger partial charge on any atom is 0.334 e. The Morgan fingerprint density at radius 1 is 1.36 bits per heavy atom. The van der Waals surface area contributed by atoms with E-state index in [0.717, 1.165) is 31.4 Å². The van der Waals surface area contributed by atoms with E-state index < -0.39 is 0 Å². The quantitative estimate of drug-likeness (QED) is 0.718. The van der Waals surface area contributed by atoms with Gasteiger partial charge in [-0.15, -0.1) is 0 Å². The average molecular weight is 348 g/mol. The molecule has 4 aliphatic rings. The highest BCUT2D eigenvalue weighted by atomic mass is 16.7. The Hall–Kier alpha value is -0.870. The number of cyclic esters (lactones) is 1. The number of esters is 1. The van der Waals surface area contributed by atoms with E-state index in [2.05, 4.69) is 19.9 Å². The topological polar surface area (TPSA) is 44.8 Å². The van der Waals surface area contributed by atoms with Gasteiger partial charge < -0.3 is 14.2 Å². The molecule has 1 saturated carbocycles. The Morgan fingerprint density at radius 2 is 2.20 bits per heavy atom. The second-order valence-corrected chi connectivity index (χ2v) is 9.06. The van der Waals surface area contributed by atoms with E-state index in [1.165, 1.54) is 25.7 Å². The molecule has 2 aliphatic heterocycles. The number of methoxy groups -OCH3 is 1. The summed E-state index contributed by atoms with van der Waals surface area (Å²) in [5.41, 5.74) is 1.28. The zero-order valence-corrected chi connectivity index (χ0v) is 15.9. The number of hydrogen-bond acceptors (Lipinski definition) is 4. The van der Waals surface area contributed by atoms with Crippen molar-refractivity contribution < 1.29 is 19.0 Å². The lowest BCUT2D eigenvalue weighted by atomic mass is 9.46. The van der Waals surface area contributed by atoms with Crippen molar-refractivity contribution in [1.82, 2.24) is 0 Å². The van der Waals surface area contributed by atoms with Crippen LogP contribution in [0.3, 0.4) is 0 Å². The predicted octanol–water partition coefficient (Wildman–Crippen LogP) is 4.09. The van der Waals surface area contributed by atoms with Crippen LogP contribution in [-0.4, -0.2) is 32.6 Å². The van der Waals surface area contributed by atoms with Gasteiger partial charge in [-0.05, 0) is 61.7 Å². The molecule has 4 heteroatoms. The Morgan fingerprint density at radius 3 is 2.96 bits per heavy atom. The van der Waals surface area contributed by atoms with Gasteiger partial charge in [-0.1, -0.05) is 19.9 Å². The van der Waals surface area contributed by atoms with Gasteiger partial charge in [0.05, 0.1) is 6.61 Å². The van der Waals surface area contributed by atoms with Crippen molar-refractivity contribution >= 4 is 5.97 Å². The number of rotatable bonds is 4. The summed E-state index contributed by atoms with van der Waals surface area (Å²) in [6.07, 6.45) is 10.1. The van der Waals surface area contributed by atoms with Gasteiger partial charge in [-0.25, -0.2) is 4.79 Å². The van der Waals surface area contributed by atoms with Crippen LogP contribution in [0.1, 0.15) is 58.8 Å². The first-order valence-corrected chi connectivity index (χ1v) is 10.0. The van der Waals surface area contributed by atoms with Crippen molar-refractivity contribution in [3.8, 4) is 0 Å². The van der Waals surface area contributed by atoms with E-state index in [4.69, 9.17) is 14.2 Å². The summed E-state index contributed by atoms with van der Waals surface area (Å²) >= 11 is 0. The third-order valence-electron chi connectivity index (χ3n) is 8.03. The van der Waals surface area contributed by atoms with Crippen molar-refractivity contribution in [1.29, 1.82) is 0 Å². The second-order valence-electron chi connectivity index (χ2n) is 9.06. The summed E-state index contributed by atoms with van der Waals surface area (Å²) in [5.74, 6) is 1.81. The molecule has 0 aromatic carbocycles. The molecule has 140 valence electrons. The van der Waals surface area contributed by atoms with E-state index in [9.17, 15) is 4.79 Å². The fraction of sp³-hybridized carbons (Fsp3) is 0.857. The van der Waals surface area contributed by atoms with Crippen LogP contribution in [-0.2, 0) is 19.0 Å². The summed E-state index contributed by atoms with van der Waals surface area (Å²) in [4.78, 5) is 12.3. The van der Waals surface area contributed by atoms with Crippen LogP contribution in [0, 0.1) is 28.6 Å². The van der Waals surface area contributed by atoms with Gasteiger partial charge in [0.25, 0.3) is 0 Å². The molecule has 2 aliphatic carbocycles. The third-order valence-corrected chi connectivity index (χ3v) is 8.03. The lowest BCUT2D eigenvalue weighted by Gasteiger charge is -2.56. The minimum Gasteiger partial charge on any atom is -0.461 e. The lowest BCUT2D eigenvalue weighted by Crippen LogP contribution is -2.51. The van der Waals surface area contributed by atoms with Crippen LogP contribution in [0.25, 0.3) is 0 Å². The van der Waals surface area contributed by atoms with Crippen molar-refractivity contribution in [2.24, 2.45) is 28.6 Å². The minimum atomic E-state index is -0.0475. The molecule has 6 atom stereocenters. The third kappa shape index (κ3) is 2.68. The van der Waals surface area contributed by atoms with Gasteiger partial charge in [0.1, 0.15) is 6.61 Å². The second kappa shape index (κ2) is 6.38. The lowest BCUT2D eigenvalue weighted by molar-refractivity contribution is -0.135. The number of carbonyl (C=O) groups is 1. The molecule has 2 saturated heterocycles. The molecule has 3 fully saturated rings. The van der Waals surface area contributed by atoms with Crippen molar-refractivity contribution in [3.63, 3.8) is 0 Å². The number of ether oxygens (including phenoxy) is 3. The molecule has 0 radical (unpaired) electrons. The van der Waals surface area contributed by atoms with Crippen LogP contribution in [0.4, 0.5) is 0 Å². The van der Waals surface area contributed by atoms with Crippen molar-refractivity contribution in [2.45, 2.75) is 65.1 Å². The van der Waals surface area contributed by atoms with Gasteiger partial charge in [-0.2, -0.15) is 0 Å². The largest absolute Gasteiger partial charge is 0.461 e. The molecular weight excluding hydrogens is 316 g/mol. The van der Waals surface area contributed by atoms with Gasteiger partial charge in [0.15, 0.2) is 6.29 Å². The van der Waals surface area contributed by atoms with Gasteiger partial charge >= 0.3 is 5.97 Å². The molecule has 1 spiro atoms. The van der Waals surface area contributed by atoms with Gasteiger partial charge in [0.2, 0.25) is 0 Å². The molecule has 0 aromatic heterocycles. The first-order chi connectivity index (χ1) is 12.0. The average Bonchev–Trinajstić information content (AvgIpc) is 3.22. The number of hydrogen-bond donors (Lipinski definition) is 0.